The van der Waals surface area contributed by atoms with Crippen molar-refractivity contribution >= 4 is 21.6 Å². The van der Waals surface area contributed by atoms with Crippen LogP contribution >= 0.6 is 0 Å². The Hall–Kier alpha value is -2.34. The number of anilines is 1. The van der Waals surface area contributed by atoms with Crippen molar-refractivity contribution in [2.45, 2.75) is 34.6 Å². The molecule has 0 bridgehead atoms. The molecule has 5 nitrogen and oxygen atoms in total. The van der Waals surface area contributed by atoms with E-state index in [1.807, 2.05) is 58.9 Å². The van der Waals surface area contributed by atoms with Gasteiger partial charge in [0.25, 0.3) is 5.91 Å². The molecule has 0 saturated heterocycles. The van der Waals surface area contributed by atoms with Gasteiger partial charge in [0, 0.05) is 12.1 Å². The summed E-state index contributed by atoms with van der Waals surface area (Å²) in [4.78, 5) is 12.4. The molecular weight excluding hydrogens is 360 g/mol. The van der Waals surface area contributed by atoms with Gasteiger partial charge in [-0.2, -0.15) is 0 Å². The van der Waals surface area contributed by atoms with E-state index in [1.54, 1.807) is 6.07 Å². The molecule has 0 heterocycles. The number of rotatable bonds is 6. The highest BCUT2D eigenvalue weighted by molar-refractivity contribution is 7.92. The average Bonchev–Trinajstić information content (AvgIpc) is 2.53. The molecule has 1 amide bonds. The summed E-state index contributed by atoms with van der Waals surface area (Å²) in [5.74, 6) is -0.205. The second-order valence-electron chi connectivity index (χ2n) is 7.14. The van der Waals surface area contributed by atoms with Crippen molar-refractivity contribution in [1.82, 2.24) is 5.32 Å². The predicted molar refractivity (Wildman–Crippen MR) is 111 cm³/mol. The zero-order chi connectivity index (χ0) is 20.4. The van der Waals surface area contributed by atoms with Gasteiger partial charge < -0.3 is 5.32 Å². The highest BCUT2D eigenvalue weighted by Crippen LogP contribution is 2.28. The summed E-state index contributed by atoms with van der Waals surface area (Å²) < 4.78 is 26.1. The molecule has 1 N–H and O–H groups in total. The highest BCUT2D eigenvalue weighted by Gasteiger charge is 2.21. The Morgan fingerprint density at radius 1 is 0.926 bits per heavy atom. The van der Waals surface area contributed by atoms with Crippen LogP contribution in [-0.2, 0) is 10.0 Å². The number of nitrogens with zero attached hydrogens (tertiary/aromatic N) is 1. The Balaban J connectivity index is 2.17. The fourth-order valence-corrected chi connectivity index (χ4v) is 4.31. The van der Waals surface area contributed by atoms with Crippen LogP contribution in [0, 0.1) is 34.6 Å². The predicted octanol–water partition coefficient (Wildman–Crippen LogP) is 3.42. The molecule has 0 aliphatic rings. The second-order valence-corrected chi connectivity index (χ2v) is 9.04. The first-order valence-electron chi connectivity index (χ1n) is 8.91. The molecule has 2 aromatic rings. The lowest BCUT2D eigenvalue weighted by molar-refractivity contribution is 0.0954. The first-order chi connectivity index (χ1) is 12.5. The standard InChI is InChI=1S/C21H28N2O3S/c1-14-11-17(4)20(18(5)12-14)23(27(6,25)26)10-9-22-21(24)19-8-7-15(2)16(3)13-19/h7-8,11-13H,9-10H2,1-6H3,(H,22,24). The maximum absolute atomic E-state index is 12.4. The number of carbonyl (C=O) groups is 1. The third-order valence-corrected chi connectivity index (χ3v) is 5.82. The number of sulfonamides is 1. The topological polar surface area (TPSA) is 66.5 Å². The lowest BCUT2D eigenvalue weighted by atomic mass is 10.1. The fraction of sp³-hybridized carbons (Fsp3) is 0.381. The minimum Gasteiger partial charge on any atom is -0.350 e. The molecule has 0 unspecified atom stereocenters. The van der Waals surface area contributed by atoms with Gasteiger partial charge in [-0.3, -0.25) is 9.10 Å². The molecule has 6 heteroatoms. The monoisotopic (exact) mass is 388 g/mol. The van der Waals surface area contributed by atoms with E-state index in [0.717, 1.165) is 27.8 Å². The lowest BCUT2D eigenvalue weighted by Gasteiger charge is -2.26. The van der Waals surface area contributed by atoms with Gasteiger partial charge in [-0.25, -0.2) is 8.42 Å². The van der Waals surface area contributed by atoms with E-state index in [0.29, 0.717) is 11.3 Å². The summed E-state index contributed by atoms with van der Waals surface area (Å²) in [6, 6.07) is 9.46. The zero-order valence-electron chi connectivity index (χ0n) is 16.9. The third kappa shape index (κ3) is 5.10. The lowest BCUT2D eigenvalue weighted by Crippen LogP contribution is -2.39. The zero-order valence-corrected chi connectivity index (χ0v) is 17.7. The van der Waals surface area contributed by atoms with Crippen LogP contribution in [0.2, 0.25) is 0 Å². The molecule has 0 atom stereocenters. The van der Waals surface area contributed by atoms with E-state index < -0.39 is 10.0 Å². The Morgan fingerprint density at radius 3 is 2.04 bits per heavy atom. The molecule has 0 aromatic heterocycles. The van der Waals surface area contributed by atoms with Crippen molar-refractivity contribution in [3.05, 3.63) is 63.7 Å². The quantitative estimate of drug-likeness (QED) is 0.824. The van der Waals surface area contributed by atoms with Gasteiger partial charge in [0.1, 0.15) is 0 Å². The second kappa shape index (κ2) is 8.13. The molecule has 2 aromatic carbocycles. The van der Waals surface area contributed by atoms with Gasteiger partial charge in [0.15, 0.2) is 0 Å². The first kappa shape index (κ1) is 21.0. The van der Waals surface area contributed by atoms with Gasteiger partial charge in [0.2, 0.25) is 10.0 Å². The average molecular weight is 389 g/mol. The van der Waals surface area contributed by atoms with Crippen molar-refractivity contribution in [3.8, 4) is 0 Å². The Kier molecular flexibility index (Phi) is 6.31. The van der Waals surface area contributed by atoms with Crippen LogP contribution in [0.3, 0.4) is 0 Å². The van der Waals surface area contributed by atoms with Crippen LogP contribution in [-0.4, -0.2) is 33.7 Å². The van der Waals surface area contributed by atoms with Crippen molar-refractivity contribution in [1.29, 1.82) is 0 Å². The molecule has 146 valence electrons. The van der Waals surface area contributed by atoms with Crippen LogP contribution in [0.4, 0.5) is 5.69 Å². The molecule has 0 fully saturated rings. The van der Waals surface area contributed by atoms with E-state index in [4.69, 9.17) is 0 Å². The minimum absolute atomic E-state index is 0.181. The molecule has 0 radical (unpaired) electrons. The van der Waals surface area contributed by atoms with E-state index in [2.05, 4.69) is 5.32 Å². The SMILES string of the molecule is Cc1cc(C)c(N(CCNC(=O)c2ccc(C)c(C)c2)S(C)(=O)=O)c(C)c1. The van der Waals surface area contributed by atoms with Crippen molar-refractivity contribution in [3.63, 3.8) is 0 Å². The molecule has 0 saturated carbocycles. The van der Waals surface area contributed by atoms with Crippen molar-refractivity contribution in [2.75, 3.05) is 23.7 Å². The maximum atomic E-state index is 12.4. The van der Waals surface area contributed by atoms with Crippen LogP contribution < -0.4 is 9.62 Å². The highest BCUT2D eigenvalue weighted by atomic mass is 32.2. The van der Waals surface area contributed by atoms with Gasteiger partial charge in [-0.1, -0.05) is 23.8 Å². The summed E-state index contributed by atoms with van der Waals surface area (Å²) in [6.07, 6.45) is 1.19. The third-order valence-electron chi connectivity index (χ3n) is 4.65. The number of hydrogen-bond acceptors (Lipinski definition) is 3. The Labute approximate surface area is 162 Å². The molecular formula is C21H28N2O3S. The van der Waals surface area contributed by atoms with Gasteiger partial charge in [0.05, 0.1) is 18.5 Å². The summed E-state index contributed by atoms with van der Waals surface area (Å²) in [7, 11) is -3.47. The van der Waals surface area contributed by atoms with Crippen LogP contribution in [0.15, 0.2) is 30.3 Å². The van der Waals surface area contributed by atoms with E-state index >= 15 is 0 Å². The van der Waals surface area contributed by atoms with Crippen LogP contribution in [0.5, 0.6) is 0 Å². The normalized spacial score (nSPS) is 11.3. The number of hydrogen-bond donors (Lipinski definition) is 1. The van der Waals surface area contributed by atoms with Gasteiger partial charge >= 0.3 is 0 Å². The van der Waals surface area contributed by atoms with Crippen LogP contribution in [0.25, 0.3) is 0 Å². The van der Waals surface area contributed by atoms with Crippen molar-refractivity contribution < 1.29 is 13.2 Å². The largest absolute Gasteiger partial charge is 0.350 e. The van der Waals surface area contributed by atoms with E-state index in [1.165, 1.54) is 10.6 Å². The minimum atomic E-state index is -3.47. The number of nitrogens with one attached hydrogen (secondary N) is 1. The Bertz CT molecular complexity index is 942. The number of aryl methyl sites for hydroxylation is 5. The summed E-state index contributed by atoms with van der Waals surface area (Å²) in [5.41, 5.74) is 6.32. The van der Waals surface area contributed by atoms with Gasteiger partial charge in [-0.15, -0.1) is 0 Å². The number of amides is 1. The maximum Gasteiger partial charge on any atom is 0.251 e. The van der Waals surface area contributed by atoms with Crippen molar-refractivity contribution in [2.24, 2.45) is 0 Å². The fourth-order valence-electron chi connectivity index (χ4n) is 3.26. The smallest absolute Gasteiger partial charge is 0.251 e. The molecule has 0 aliphatic carbocycles. The first-order valence-corrected chi connectivity index (χ1v) is 10.8. The van der Waals surface area contributed by atoms with E-state index in [-0.39, 0.29) is 19.0 Å². The molecule has 0 aliphatic heterocycles. The molecule has 2 rings (SSSR count). The Morgan fingerprint density at radius 2 is 1.52 bits per heavy atom. The van der Waals surface area contributed by atoms with E-state index in [9.17, 15) is 13.2 Å². The molecule has 0 spiro atoms. The number of carbonyl (C=O) groups excluding carboxylic acids is 1. The summed E-state index contributed by atoms with van der Waals surface area (Å²) in [5, 5.41) is 2.82. The van der Waals surface area contributed by atoms with Crippen LogP contribution in [0.1, 0.15) is 38.2 Å². The van der Waals surface area contributed by atoms with Gasteiger partial charge in [-0.05, 0) is 69.0 Å². The number of benzene rings is 2. The summed E-state index contributed by atoms with van der Waals surface area (Å²) >= 11 is 0. The summed E-state index contributed by atoms with van der Waals surface area (Å²) in [6.45, 7) is 10.2. The molecule has 27 heavy (non-hydrogen) atoms.